The van der Waals surface area contributed by atoms with Crippen LogP contribution in [-0.2, 0) is 12.8 Å². The summed E-state index contributed by atoms with van der Waals surface area (Å²) in [5.74, 6) is -0.212. The lowest BCUT2D eigenvalue weighted by molar-refractivity contribution is 0.102. The smallest absolute Gasteiger partial charge is 0.276 e. The molecule has 0 spiro atoms. The SMILES string of the molecule is O=C(Nc1ccccc1Cl)c1nn(-c2ccccc2)c2c1CCC2. The van der Waals surface area contributed by atoms with Gasteiger partial charge in [0.2, 0.25) is 0 Å². The summed E-state index contributed by atoms with van der Waals surface area (Å²) in [6.45, 7) is 0. The molecule has 0 bridgehead atoms. The summed E-state index contributed by atoms with van der Waals surface area (Å²) >= 11 is 6.13. The van der Waals surface area contributed by atoms with Crippen LogP contribution >= 0.6 is 11.6 Å². The number of carbonyl (C=O) groups is 1. The lowest BCUT2D eigenvalue weighted by Crippen LogP contribution is -2.15. The summed E-state index contributed by atoms with van der Waals surface area (Å²) in [4.78, 5) is 12.7. The standard InChI is InChI=1S/C19H16ClN3O/c20-15-10-4-5-11-16(15)21-19(24)18-14-9-6-12-17(14)23(22-18)13-7-2-1-3-8-13/h1-5,7-8,10-11H,6,9,12H2,(H,21,24). The Morgan fingerprint density at radius 2 is 1.79 bits per heavy atom. The molecule has 1 aliphatic carbocycles. The second-order valence-corrected chi connectivity index (χ2v) is 6.22. The Bertz CT molecular complexity index is 902. The lowest BCUT2D eigenvalue weighted by atomic mass is 10.2. The van der Waals surface area contributed by atoms with Crippen molar-refractivity contribution in [1.82, 2.24) is 9.78 Å². The molecule has 0 atom stereocenters. The van der Waals surface area contributed by atoms with Crippen LogP contribution in [0.2, 0.25) is 5.02 Å². The number of rotatable bonds is 3. The van der Waals surface area contributed by atoms with Gasteiger partial charge in [0.25, 0.3) is 5.91 Å². The third-order valence-electron chi connectivity index (χ3n) is 4.27. The van der Waals surface area contributed by atoms with Crippen molar-refractivity contribution in [3.05, 3.63) is 76.6 Å². The van der Waals surface area contributed by atoms with E-state index in [-0.39, 0.29) is 5.91 Å². The second kappa shape index (κ2) is 6.13. The molecule has 120 valence electrons. The van der Waals surface area contributed by atoms with E-state index in [0.717, 1.165) is 36.2 Å². The number of halogens is 1. The molecule has 24 heavy (non-hydrogen) atoms. The van der Waals surface area contributed by atoms with Gasteiger partial charge in [0, 0.05) is 11.3 Å². The lowest BCUT2D eigenvalue weighted by Gasteiger charge is -2.06. The first kappa shape index (κ1) is 15.0. The van der Waals surface area contributed by atoms with Crippen LogP contribution in [0.15, 0.2) is 54.6 Å². The van der Waals surface area contributed by atoms with Gasteiger partial charge < -0.3 is 5.32 Å². The first-order valence-electron chi connectivity index (χ1n) is 7.96. The molecule has 5 heteroatoms. The zero-order chi connectivity index (χ0) is 16.5. The molecule has 1 aliphatic rings. The third-order valence-corrected chi connectivity index (χ3v) is 4.60. The second-order valence-electron chi connectivity index (χ2n) is 5.81. The summed E-state index contributed by atoms with van der Waals surface area (Å²) in [5.41, 5.74) is 4.25. The monoisotopic (exact) mass is 337 g/mol. The highest BCUT2D eigenvalue weighted by atomic mass is 35.5. The van der Waals surface area contributed by atoms with E-state index >= 15 is 0 Å². The van der Waals surface area contributed by atoms with Gasteiger partial charge >= 0.3 is 0 Å². The first-order chi connectivity index (χ1) is 11.7. The maximum atomic E-state index is 12.7. The van der Waals surface area contributed by atoms with Gasteiger partial charge in [0.1, 0.15) is 0 Å². The van der Waals surface area contributed by atoms with Crippen molar-refractivity contribution in [3.8, 4) is 5.69 Å². The van der Waals surface area contributed by atoms with Crippen molar-refractivity contribution < 1.29 is 4.79 Å². The van der Waals surface area contributed by atoms with E-state index in [1.165, 1.54) is 0 Å². The number of aromatic nitrogens is 2. The highest BCUT2D eigenvalue weighted by Crippen LogP contribution is 2.29. The van der Waals surface area contributed by atoms with Gasteiger partial charge in [-0.25, -0.2) is 4.68 Å². The zero-order valence-corrected chi connectivity index (χ0v) is 13.8. The summed E-state index contributed by atoms with van der Waals surface area (Å²) < 4.78 is 1.89. The van der Waals surface area contributed by atoms with Crippen molar-refractivity contribution in [2.24, 2.45) is 0 Å². The zero-order valence-electron chi connectivity index (χ0n) is 13.0. The van der Waals surface area contributed by atoms with E-state index in [0.29, 0.717) is 16.4 Å². The van der Waals surface area contributed by atoms with Crippen LogP contribution in [0.5, 0.6) is 0 Å². The molecule has 4 nitrogen and oxygen atoms in total. The Hall–Kier alpha value is -2.59. The maximum absolute atomic E-state index is 12.7. The van der Waals surface area contributed by atoms with Gasteiger partial charge in [-0.15, -0.1) is 0 Å². The maximum Gasteiger partial charge on any atom is 0.276 e. The predicted molar refractivity (Wildman–Crippen MR) is 95.0 cm³/mol. The van der Waals surface area contributed by atoms with Crippen LogP contribution in [0.3, 0.4) is 0 Å². The molecule has 2 aromatic carbocycles. The van der Waals surface area contributed by atoms with Crippen LogP contribution < -0.4 is 5.32 Å². The summed E-state index contributed by atoms with van der Waals surface area (Å²) in [6, 6.07) is 17.1. The van der Waals surface area contributed by atoms with Gasteiger partial charge in [-0.3, -0.25) is 4.79 Å². The number of amides is 1. The number of benzene rings is 2. The fraction of sp³-hybridized carbons (Fsp3) is 0.158. The number of nitrogens with zero attached hydrogens (tertiary/aromatic N) is 2. The highest BCUT2D eigenvalue weighted by molar-refractivity contribution is 6.33. The van der Waals surface area contributed by atoms with E-state index in [1.807, 2.05) is 47.1 Å². The number of hydrogen-bond acceptors (Lipinski definition) is 2. The number of fused-ring (bicyclic) bond motifs is 1. The van der Waals surface area contributed by atoms with Crippen molar-refractivity contribution in [2.75, 3.05) is 5.32 Å². The number of nitrogens with one attached hydrogen (secondary N) is 1. The topological polar surface area (TPSA) is 46.9 Å². The van der Waals surface area contributed by atoms with Gasteiger partial charge in [-0.1, -0.05) is 41.9 Å². The molecule has 4 rings (SSSR count). The molecule has 0 saturated carbocycles. The van der Waals surface area contributed by atoms with Crippen molar-refractivity contribution in [2.45, 2.75) is 19.3 Å². The molecule has 1 heterocycles. The Morgan fingerprint density at radius 1 is 1.04 bits per heavy atom. The highest BCUT2D eigenvalue weighted by Gasteiger charge is 2.27. The van der Waals surface area contributed by atoms with Crippen LogP contribution in [0, 0.1) is 0 Å². The van der Waals surface area contributed by atoms with Crippen LogP contribution in [0.25, 0.3) is 5.69 Å². The Balaban J connectivity index is 1.72. The van der Waals surface area contributed by atoms with Crippen LogP contribution in [0.1, 0.15) is 28.2 Å². The minimum Gasteiger partial charge on any atom is -0.319 e. The van der Waals surface area contributed by atoms with E-state index in [4.69, 9.17) is 11.6 Å². The van der Waals surface area contributed by atoms with Crippen LogP contribution in [0.4, 0.5) is 5.69 Å². The summed E-state index contributed by atoms with van der Waals surface area (Å²) in [5, 5.41) is 7.98. The van der Waals surface area contributed by atoms with Gasteiger partial charge in [-0.05, 0) is 43.5 Å². The molecule has 0 unspecified atom stereocenters. The molecule has 1 N–H and O–H groups in total. The summed E-state index contributed by atoms with van der Waals surface area (Å²) in [6.07, 6.45) is 2.87. The van der Waals surface area contributed by atoms with Crippen molar-refractivity contribution in [3.63, 3.8) is 0 Å². The summed E-state index contributed by atoms with van der Waals surface area (Å²) in [7, 11) is 0. The Morgan fingerprint density at radius 3 is 2.58 bits per heavy atom. The van der Waals surface area contributed by atoms with Crippen molar-refractivity contribution >= 4 is 23.2 Å². The number of hydrogen-bond donors (Lipinski definition) is 1. The van der Waals surface area contributed by atoms with E-state index < -0.39 is 0 Å². The minimum absolute atomic E-state index is 0.212. The average Bonchev–Trinajstić information content (AvgIpc) is 3.20. The molecular formula is C19H16ClN3O. The predicted octanol–water partition coefficient (Wildman–Crippen LogP) is 4.27. The Labute approximate surface area is 145 Å². The Kier molecular flexibility index (Phi) is 3.82. The van der Waals surface area contributed by atoms with Gasteiger partial charge in [0.15, 0.2) is 5.69 Å². The molecule has 1 amide bonds. The molecule has 0 aliphatic heterocycles. The number of para-hydroxylation sites is 2. The van der Waals surface area contributed by atoms with Crippen molar-refractivity contribution in [1.29, 1.82) is 0 Å². The van der Waals surface area contributed by atoms with Gasteiger partial charge in [0.05, 0.1) is 16.4 Å². The third kappa shape index (κ3) is 2.59. The normalized spacial score (nSPS) is 12.9. The fourth-order valence-corrected chi connectivity index (χ4v) is 3.33. The van der Waals surface area contributed by atoms with E-state index in [9.17, 15) is 4.79 Å². The quantitative estimate of drug-likeness (QED) is 0.776. The minimum atomic E-state index is -0.212. The van der Waals surface area contributed by atoms with Gasteiger partial charge in [-0.2, -0.15) is 5.10 Å². The van der Waals surface area contributed by atoms with E-state index in [1.54, 1.807) is 12.1 Å². The molecule has 0 radical (unpaired) electrons. The average molecular weight is 338 g/mol. The molecule has 3 aromatic rings. The fourth-order valence-electron chi connectivity index (χ4n) is 3.15. The first-order valence-corrected chi connectivity index (χ1v) is 8.34. The molecule has 0 saturated heterocycles. The van der Waals surface area contributed by atoms with E-state index in [2.05, 4.69) is 10.4 Å². The van der Waals surface area contributed by atoms with Crippen LogP contribution in [-0.4, -0.2) is 15.7 Å². The molecular weight excluding hydrogens is 322 g/mol. The largest absolute Gasteiger partial charge is 0.319 e. The molecule has 1 aromatic heterocycles. The number of carbonyl (C=O) groups excluding carboxylic acids is 1. The molecule has 0 fully saturated rings. The number of anilines is 1.